The minimum Gasteiger partial charge on any atom is -0.454 e. The molecule has 0 saturated heterocycles. The van der Waals surface area contributed by atoms with Crippen LogP contribution in [-0.2, 0) is 0 Å². The van der Waals surface area contributed by atoms with Crippen LogP contribution >= 0.6 is 11.6 Å². The number of hydrogen-bond donors (Lipinski definition) is 0. The fraction of sp³-hybridized carbons (Fsp3) is 0.300. The average molecular weight is 213 g/mol. The van der Waals surface area contributed by atoms with Crippen LogP contribution in [0.2, 0.25) is 5.02 Å². The third-order valence-corrected chi connectivity index (χ3v) is 2.69. The number of fused-ring (bicyclic) bond motifs is 1. The highest BCUT2D eigenvalue weighted by Gasteiger charge is 2.22. The number of halogens is 1. The summed E-state index contributed by atoms with van der Waals surface area (Å²) in [5, 5.41) is 0.446. The van der Waals surface area contributed by atoms with E-state index in [1.807, 2.05) is 6.92 Å². The van der Waals surface area contributed by atoms with Crippen LogP contribution in [0.4, 0.5) is 0 Å². The number of rotatable bonds is 1. The van der Waals surface area contributed by atoms with Crippen molar-refractivity contribution >= 4 is 17.4 Å². The summed E-state index contributed by atoms with van der Waals surface area (Å²) in [4.78, 5) is 11.2. The summed E-state index contributed by atoms with van der Waals surface area (Å²) < 4.78 is 10.4. The number of Topliss-reactive ketones (excluding diaryl/α,β-unsaturated/α-hetero) is 1. The van der Waals surface area contributed by atoms with Gasteiger partial charge in [-0.15, -0.1) is 0 Å². The molecular weight excluding hydrogens is 204 g/mol. The predicted octanol–water partition coefficient (Wildman–Crippen LogP) is 2.58. The number of ketones is 1. The lowest BCUT2D eigenvalue weighted by molar-refractivity contribution is 0.101. The van der Waals surface area contributed by atoms with E-state index in [2.05, 4.69) is 0 Å². The highest BCUT2D eigenvalue weighted by molar-refractivity contribution is 6.35. The van der Waals surface area contributed by atoms with Gasteiger partial charge >= 0.3 is 0 Å². The second-order valence-electron chi connectivity index (χ2n) is 3.15. The highest BCUT2D eigenvalue weighted by Crippen LogP contribution is 2.41. The Kier molecular flexibility index (Phi) is 2.11. The van der Waals surface area contributed by atoms with Crippen LogP contribution < -0.4 is 9.47 Å². The van der Waals surface area contributed by atoms with Crippen molar-refractivity contribution in [2.24, 2.45) is 0 Å². The quantitative estimate of drug-likeness (QED) is 0.672. The average Bonchev–Trinajstić information content (AvgIpc) is 2.58. The molecule has 0 spiro atoms. The first-order valence-corrected chi connectivity index (χ1v) is 4.58. The Balaban J connectivity index is 2.67. The van der Waals surface area contributed by atoms with E-state index in [1.165, 1.54) is 6.92 Å². The van der Waals surface area contributed by atoms with E-state index in [0.29, 0.717) is 22.1 Å². The van der Waals surface area contributed by atoms with E-state index in [1.54, 1.807) is 6.07 Å². The molecule has 1 aliphatic rings. The molecule has 0 fully saturated rings. The Morgan fingerprint density at radius 3 is 2.86 bits per heavy atom. The second-order valence-corrected chi connectivity index (χ2v) is 3.53. The van der Waals surface area contributed by atoms with Crippen molar-refractivity contribution in [1.82, 2.24) is 0 Å². The van der Waals surface area contributed by atoms with Crippen molar-refractivity contribution < 1.29 is 14.3 Å². The Morgan fingerprint density at radius 1 is 1.50 bits per heavy atom. The van der Waals surface area contributed by atoms with Crippen molar-refractivity contribution in [3.05, 3.63) is 22.2 Å². The molecule has 0 amide bonds. The summed E-state index contributed by atoms with van der Waals surface area (Å²) in [5.41, 5.74) is 1.24. The van der Waals surface area contributed by atoms with Gasteiger partial charge in [0.2, 0.25) is 6.79 Å². The van der Waals surface area contributed by atoms with Gasteiger partial charge in [0.05, 0.1) is 5.02 Å². The number of hydrogen-bond acceptors (Lipinski definition) is 3. The fourth-order valence-corrected chi connectivity index (χ4v) is 1.71. The van der Waals surface area contributed by atoms with Gasteiger partial charge in [-0.1, -0.05) is 11.6 Å². The fourth-order valence-electron chi connectivity index (χ4n) is 1.44. The van der Waals surface area contributed by atoms with Crippen LogP contribution in [0.5, 0.6) is 11.5 Å². The van der Waals surface area contributed by atoms with Crippen molar-refractivity contribution in [1.29, 1.82) is 0 Å². The van der Waals surface area contributed by atoms with Crippen LogP contribution in [0.25, 0.3) is 0 Å². The maximum Gasteiger partial charge on any atom is 0.231 e. The van der Waals surface area contributed by atoms with Crippen LogP contribution in [0.3, 0.4) is 0 Å². The third-order valence-electron chi connectivity index (χ3n) is 2.20. The lowest BCUT2D eigenvalue weighted by atomic mass is 10.1. The molecule has 0 unspecified atom stereocenters. The van der Waals surface area contributed by atoms with Crippen molar-refractivity contribution in [3.8, 4) is 11.5 Å². The first-order chi connectivity index (χ1) is 6.61. The summed E-state index contributed by atoms with van der Waals surface area (Å²) in [6.07, 6.45) is 0. The maximum absolute atomic E-state index is 11.2. The Hall–Kier alpha value is -1.22. The zero-order valence-corrected chi connectivity index (χ0v) is 8.64. The molecule has 3 nitrogen and oxygen atoms in total. The third kappa shape index (κ3) is 1.24. The van der Waals surface area contributed by atoms with Gasteiger partial charge in [-0.25, -0.2) is 0 Å². The number of benzene rings is 1. The van der Waals surface area contributed by atoms with Gasteiger partial charge < -0.3 is 9.47 Å². The molecule has 0 N–H and O–H groups in total. The van der Waals surface area contributed by atoms with Gasteiger partial charge in [0.25, 0.3) is 0 Å². The molecule has 14 heavy (non-hydrogen) atoms. The minimum absolute atomic E-state index is 0.0728. The molecule has 0 bridgehead atoms. The highest BCUT2D eigenvalue weighted by atomic mass is 35.5. The van der Waals surface area contributed by atoms with Gasteiger partial charge in [0.15, 0.2) is 17.3 Å². The topological polar surface area (TPSA) is 35.5 Å². The standard InChI is InChI=1S/C10H9ClO3/c1-5-9(11)7(6(2)12)3-8-10(5)14-4-13-8/h3H,4H2,1-2H3. The predicted molar refractivity (Wildman–Crippen MR) is 52.3 cm³/mol. The Bertz CT molecular complexity index is 412. The number of carbonyl (C=O) groups excluding carboxylic acids is 1. The molecule has 1 heterocycles. The summed E-state index contributed by atoms with van der Waals surface area (Å²) in [5.74, 6) is 1.16. The molecule has 1 aromatic carbocycles. The molecule has 0 radical (unpaired) electrons. The molecule has 2 rings (SSSR count). The van der Waals surface area contributed by atoms with Gasteiger partial charge in [-0.3, -0.25) is 4.79 Å². The van der Waals surface area contributed by atoms with Gasteiger partial charge in [0, 0.05) is 11.1 Å². The van der Waals surface area contributed by atoms with Crippen molar-refractivity contribution in [3.63, 3.8) is 0 Å². The van der Waals surface area contributed by atoms with E-state index in [0.717, 1.165) is 5.56 Å². The molecule has 0 aromatic heterocycles. The number of ether oxygens (including phenoxy) is 2. The van der Waals surface area contributed by atoms with E-state index >= 15 is 0 Å². The Labute approximate surface area is 86.6 Å². The van der Waals surface area contributed by atoms with Gasteiger partial charge in [-0.2, -0.15) is 0 Å². The van der Waals surface area contributed by atoms with E-state index in [4.69, 9.17) is 21.1 Å². The van der Waals surface area contributed by atoms with Crippen molar-refractivity contribution in [2.45, 2.75) is 13.8 Å². The van der Waals surface area contributed by atoms with E-state index in [-0.39, 0.29) is 12.6 Å². The zero-order valence-electron chi connectivity index (χ0n) is 7.89. The summed E-state index contributed by atoms with van der Waals surface area (Å²) in [6, 6.07) is 1.62. The molecule has 1 aliphatic heterocycles. The molecule has 4 heteroatoms. The zero-order chi connectivity index (χ0) is 10.3. The largest absolute Gasteiger partial charge is 0.454 e. The van der Waals surface area contributed by atoms with Crippen LogP contribution in [0.1, 0.15) is 22.8 Å². The molecule has 0 atom stereocenters. The molecular formula is C10H9ClO3. The monoisotopic (exact) mass is 212 g/mol. The van der Waals surface area contributed by atoms with Crippen LogP contribution in [0, 0.1) is 6.92 Å². The lowest BCUT2D eigenvalue weighted by Gasteiger charge is -2.06. The first-order valence-electron chi connectivity index (χ1n) is 4.21. The van der Waals surface area contributed by atoms with Gasteiger partial charge in [0.1, 0.15) is 0 Å². The molecule has 74 valence electrons. The van der Waals surface area contributed by atoms with Crippen molar-refractivity contribution in [2.75, 3.05) is 6.79 Å². The van der Waals surface area contributed by atoms with Gasteiger partial charge in [-0.05, 0) is 19.9 Å². The molecule has 0 saturated carbocycles. The smallest absolute Gasteiger partial charge is 0.231 e. The summed E-state index contributed by atoms with van der Waals surface area (Å²) in [6.45, 7) is 3.47. The summed E-state index contributed by atoms with van der Waals surface area (Å²) >= 11 is 6.02. The molecule has 0 aliphatic carbocycles. The Morgan fingerprint density at radius 2 is 2.21 bits per heavy atom. The van der Waals surface area contributed by atoms with Crippen LogP contribution in [-0.4, -0.2) is 12.6 Å². The van der Waals surface area contributed by atoms with Crippen LogP contribution in [0.15, 0.2) is 6.07 Å². The summed E-state index contributed by atoms with van der Waals surface area (Å²) in [7, 11) is 0. The van der Waals surface area contributed by atoms with E-state index < -0.39 is 0 Å². The minimum atomic E-state index is -0.0728. The normalized spacial score (nSPS) is 13.1. The maximum atomic E-state index is 11.2. The lowest BCUT2D eigenvalue weighted by Crippen LogP contribution is -1.95. The molecule has 1 aromatic rings. The first kappa shape index (κ1) is 9.34. The SMILES string of the molecule is CC(=O)c1cc2c(c(C)c1Cl)OCO2. The number of carbonyl (C=O) groups is 1. The van der Waals surface area contributed by atoms with E-state index in [9.17, 15) is 4.79 Å². The second kappa shape index (κ2) is 3.17.